The van der Waals surface area contributed by atoms with Gasteiger partial charge >= 0.3 is 0 Å². The van der Waals surface area contributed by atoms with Crippen LogP contribution in [-0.4, -0.2) is 22.9 Å². The molecule has 2 aromatic rings. The second-order valence-electron chi connectivity index (χ2n) is 6.63. The van der Waals surface area contributed by atoms with Gasteiger partial charge in [-0.3, -0.25) is 9.59 Å². The Balaban J connectivity index is 1.97. The molecule has 134 valence electrons. The smallest absolute Gasteiger partial charge is 0.251 e. The number of benzene rings is 1. The van der Waals surface area contributed by atoms with Crippen molar-refractivity contribution in [2.75, 3.05) is 11.9 Å². The number of nitrogens with one attached hydrogen (secondary N) is 2. The summed E-state index contributed by atoms with van der Waals surface area (Å²) in [7, 11) is 0. The van der Waals surface area contributed by atoms with E-state index < -0.39 is 0 Å². The van der Waals surface area contributed by atoms with Crippen LogP contribution in [0.1, 0.15) is 54.1 Å². The van der Waals surface area contributed by atoms with E-state index in [-0.39, 0.29) is 11.8 Å². The summed E-state index contributed by atoms with van der Waals surface area (Å²) >= 11 is 0. The third kappa shape index (κ3) is 4.72. The average molecular weight is 341 g/mol. The van der Waals surface area contributed by atoms with Crippen molar-refractivity contribution in [3.05, 3.63) is 52.8 Å². The topological polar surface area (TPSA) is 63.1 Å². The van der Waals surface area contributed by atoms with E-state index >= 15 is 0 Å². The van der Waals surface area contributed by atoms with Crippen LogP contribution >= 0.6 is 0 Å². The molecule has 2 amide bonds. The maximum Gasteiger partial charge on any atom is 0.251 e. The van der Waals surface area contributed by atoms with Gasteiger partial charge in [-0.2, -0.15) is 0 Å². The molecular weight excluding hydrogens is 314 g/mol. The van der Waals surface area contributed by atoms with Crippen molar-refractivity contribution >= 4 is 17.5 Å². The largest absolute Gasteiger partial charge is 0.352 e. The minimum absolute atomic E-state index is 0.134. The second-order valence-corrected chi connectivity index (χ2v) is 6.63. The summed E-state index contributed by atoms with van der Waals surface area (Å²) in [5.74, 6) is -0.289. The van der Waals surface area contributed by atoms with E-state index in [2.05, 4.69) is 49.0 Å². The number of hydrogen-bond donors (Lipinski definition) is 2. The first-order valence-electron chi connectivity index (χ1n) is 8.62. The monoisotopic (exact) mass is 341 g/mol. The lowest BCUT2D eigenvalue weighted by atomic mass is 10.1. The Morgan fingerprint density at radius 1 is 1.16 bits per heavy atom. The highest BCUT2D eigenvalue weighted by molar-refractivity contribution is 5.96. The molecule has 1 heterocycles. The van der Waals surface area contributed by atoms with Crippen LogP contribution in [0.3, 0.4) is 0 Å². The Morgan fingerprint density at radius 3 is 2.48 bits per heavy atom. The minimum Gasteiger partial charge on any atom is -0.352 e. The standard InChI is InChI=1S/C20H27N3O2/c1-13(2)23-14(3)11-17(15(23)4)9-10-21-20(25)18-7-6-8-19(12-18)22-16(5)24/h6-8,11-13H,9-10H2,1-5H3,(H,21,25)(H,22,24). The molecule has 2 N–H and O–H groups in total. The fourth-order valence-corrected chi connectivity index (χ4v) is 3.25. The molecule has 25 heavy (non-hydrogen) atoms. The molecule has 2 rings (SSSR count). The first-order valence-corrected chi connectivity index (χ1v) is 8.62. The summed E-state index contributed by atoms with van der Waals surface area (Å²) in [5.41, 5.74) is 4.93. The fourth-order valence-electron chi connectivity index (χ4n) is 3.25. The molecule has 0 aliphatic rings. The highest BCUT2D eigenvalue weighted by atomic mass is 16.2. The van der Waals surface area contributed by atoms with Gasteiger partial charge in [0.05, 0.1) is 0 Å². The summed E-state index contributed by atoms with van der Waals surface area (Å²) in [6.45, 7) is 10.6. The fraction of sp³-hybridized carbons (Fsp3) is 0.400. The first kappa shape index (κ1) is 18.8. The third-order valence-electron chi connectivity index (χ3n) is 4.23. The number of amides is 2. The molecule has 0 spiro atoms. The maximum absolute atomic E-state index is 12.3. The SMILES string of the molecule is CC(=O)Nc1cccc(C(=O)NCCc2cc(C)n(C(C)C)c2C)c1. The number of anilines is 1. The van der Waals surface area contributed by atoms with E-state index in [0.29, 0.717) is 23.8 Å². The molecule has 0 saturated carbocycles. The number of carbonyl (C=O) groups is 2. The van der Waals surface area contributed by atoms with Crippen molar-refractivity contribution in [1.29, 1.82) is 0 Å². The molecule has 0 radical (unpaired) electrons. The van der Waals surface area contributed by atoms with Crippen LogP contribution in [0.5, 0.6) is 0 Å². The van der Waals surface area contributed by atoms with E-state index in [0.717, 1.165) is 6.42 Å². The van der Waals surface area contributed by atoms with Crippen molar-refractivity contribution in [2.24, 2.45) is 0 Å². The van der Waals surface area contributed by atoms with Gasteiger partial charge in [-0.15, -0.1) is 0 Å². The lowest BCUT2D eigenvalue weighted by molar-refractivity contribution is -0.114. The Hall–Kier alpha value is -2.56. The van der Waals surface area contributed by atoms with Gasteiger partial charge in [0, 0.05) is 42.1 Å². The van der Waals surface area contributed by atoms with Crippen LogP contribution in [0.2, 0.25) is 0 Å². The van der Waals surface area contributed by atoms with Gasteiger partial charge in [0.25, 0.3) is 5.91 Å². The van der Waals surface area contributed by atoms with Crippen LogP contribution in [0.25, 0.3) is 0 Å². The number of aromatic nitrogens is 1. The van der Waals surface area contributed by atoms with Gasteiger partial charge < -0.3 is 15.2 Å². The summed E-state index contributed by atoms with van der Waals surface area (Å²) in [4.78, 5) is 23.4. The minimum atomic E-state index is -0.155. The molecule has 0 atom stereocenters. The van der Waals surface area contributed by atoms with Crippen molar-refractivity contribution in [1.82, 2.24) is 9.88 Å². The predicted molar refractivity (Wildman–Crippen MR) is 101 cm³/mol. The summed E-state index contributed by atoms with van der Waals surface area (Å²) in [5, 5.41) is 5.64. The molecule has 1 aromatic heterocycles. The quantitative estimate of drug-likeness (QED) is 0.843. The van der Waals surface area contributed by atoms with Gasteiger partial charge in [0.2, 0.25) is 5.91 Å². The average Bonchev–Trinajstić information content (AvgIpc) is 2.81. The molecule has 0 aliphatic heterocycles. The Morgan fingerprint density at radius 2 is 1.88 bits per heavy atom. The predicted octanol–water partition coefficient (Wildman–Crippen LogP) is 3.62. The van der Waals surface area contributed by atoms with Crippen LogP contribution in [-0.2, 0) is 11.2 Å². The highest BCUT2D eigenvalue weighted by Crippen LogP contribution is 2.20. The molecule has 0 fully saturated rings. The molecule has 0 bridgehead atoms. The van der Waals surface area contributed by atoms with Crippen molar-refractivity contribution in [2.45, 2.75) is 47.1 Å². The molecule has 5 nitrogen and oxygen atoms in total. The van der Waals surface area contributed by atoms with E-state index in [1.807, 2.05) is 0 Å². The van der Waals surface area contributed by atoms with Gasteiger partial charge in [-0.1, -0.05) is 6.07 Å². The number of nitrogens with zero attached hydrogens (tertiary/aromatic N) is 1. The van der Waals surface area contributed by atoms with E-state index in [1.165, 1.54) is 23.9 Å². The van der Waals surface area contributed by atoms with Gasteiger partial charge in [-0.05, 0) is 63.9 Å². The van der Waals surface area contributed by atoms with Gasteiger partial charge in [0.1, 0.15) is 0 Å². The molecule has 0 aliphatic carbocycles. The van der Waals surface area contributed by atoms with Crippen LogP contribution < -0.4 is 10.6 Å². The summed E-state index contributed by atoms with van der Waals surface area (Å²) in [6, 6.07) is 9.57. The molecule has 0 saturated heterocycles. The van der Waals surface area contributed by atoms with Crippen LogP contribution in [0.15, 0.2) is 30.3 Å². The van der Waals surface area contributed by atoms with Gasteiger partial charge in [-0.25, -0.2) is 0 Å². The van der Waals surface area contributed by atoms with Crippen molar-refractivity contribution in [3.63, 3.8) is 0 Å². The molecular formula is C20H27N3O2. The Labute approximate surface area is 149 Å². The molecule has 5 heteroatoms. The van der Waals surface area contributed by atoms with Crippen LogP contribution in [0.4, 0.5) is 5.69 Å². The lowest BCUT2D eigenvalue weighted by Gasteiger charge is -2.14. The zero-order chi connectivity index (χ0) is 18.6. The normalized spacial score (nSPS) is 10.8. The summed E-state index contributed by atoms with van der Waals surface area (Å²) in [6.07, 6.45) is 0.795. The summed E-state index contributed by atoms with van der Waals surface area (Å²) < 4.78 is 2.31. The number of hydrogen-bond acceptors (Lipinski definition) is 2. The number of rotatable bonds is 6. The molecule has 1 aromatic carbocycles. The Bertz CT molecular complexity index is 775. The molecule has 0 unspecified atom stereocenters. The number of carbonyl (C=O) groups excluding carboxylic acids is 2. The number of aryl methyl sites for hydroxylation is 1. The maximum atomic E-state index is 12.3. The Kier molecular flexibility index (Phi) is 6.02. The van der Waals surface area contributed by atoms with E-state index in [9.17, 15) is 9.59 Å². The zero-order valence-electron chi connectivity index (χ0n) is 15.6. The second kappa shape index (κ2) is 8.01. The third-order valence-corrected chi connectivity index (χ3v) is 4.23. The van der Waals surface area contributed by atoms with Crippen LogP contribution in [0, 0.1) is 13.8 Å². The zero-order valence-corrected chi connectivity index (χ0v) is 15.6. The van der Waals surface area contributed by atoms with Crippen molar-refractivity contribution in [3.8, 4) is 0 Å². The highest BCUT2D eigenvalue weighted by Gasteiger charge is 2.12. The lowest BCUT2D eigenvalue weighted by Crippen LogP contribution is -2.26. The van der Waals surface area contributed by atoms with E-state index in [4.69, 9.17) is 0 Å². The first-order chi connectivity index (χ1) is 11.8. The van der Waals surface area contributed by atoms with Crippen molar-refractivity contribution < 1.29 is 9.59 Å². The van der Waals surface area contributed by atoms with E-state index in [1.54, 1.807) is 24.3 Å². The van der Waals surface area contributed by atoms with Gasteiger partial charge in [0.15, 0.2) is 0 Å².